The SMILES string of the molecule is COc1ccc(C(=O)N/N=C/c2ccc(OC(=O)c3cccc4ccccc34)cc2)cc1OC. The summed E-state index contributed by atoms with van der Waals surface area (Å²) in [6, 6.07) is 24.8. The number of carbonyl (C=O) groups is 2. The highest BCUT2D eigenvalue weighted by atomic mass is 16.5. The van der Waals surface area contributed by atoms with Gasteiger partial charge in [0.1, 0.15) is 5.75 Å². The molecule has 170 valence electrons. The van der Waals surface area contributed by atoms with Gasteiger partial charge in [0, 0.05) is 5.56 Å². The van der Waals surface area contributed by atoms with Crippen LogP contribution in [0.4, 0.5) is 0 Å². The van der Waals surface area contributed by atoms with Gasteiger partial charge in [0.2, 0.25) is 0 Å². The van der Waals surface area contributed by atoms with Crippen molar-refractivity contribution in [2.75, 3.05) is 14.2 Å². The number of rotatable bonds is 7. The summed E-state index contributed by atoms with van der Waals surface area (Å²) in [6.07, 6.45) is 1.50. The van der Waals surface area contributed by atoms with E-state index in [1.54, 1.807) is 48.5 Å². The quantitative estimate of drug-likeness (QED) is 0.187. The van der Waals surface area contributed by atoms with Gasteiger partial charge in [0.15, 0.2) is 11.5 Å². The third-order valence-corrected chi connectivity index (χ3v) is 5.13. The highest BCUT2D eigenvalue weighted by Crippen LogP contribution is 2.27. The molecule has 7 nitrogen and oxygen atoms in total. The van der Waals surface area contributed by atoms with Crippen molar-refractivity contribution < 1.29 is 23.8 Å². The zero-order valence-corrected chi connectivity index (χ0v) is 18.6. The molecule has 1 N–H and O–H groups in total. The fourth-order valence-corrected chi connectivity index (χ4v) is 3.39. The van der Waals surface area contributed by atoms with Crippen LogP contribution in [-0.2, 0) is 0 Å². The Bertz CT molecular complexity index is 1360. The maximum atomic E-state index is 12.7. The van der Waals surface area contributed by atoms with Crippen molar-refractivity contribution in [1.29, 1.82) is 0 Å². The Hall–Kier alpha value is -4.65. The molecule has 0 heterocycles. The first-order valence-corrected chi connectivity index (χ1v) is 10.4. The molecule has 7 heteroatoms. The molecular weight excluding hydrogens is 432 g/mol. The van der Waals surface area contributed by atoms with Gasteiger partial charge >= 0.3 is 5.97 Å². The molecule has 0 atom stereocenters. The zero-order chi connectivity index (χ0) is 23.9. The highest BCUT2D eigenvalue weighted by Gasteiger charge is 2.12. The van der Waals surface area contributed by atoms with E-state index in [2.05, 4.69) is 10.5 Å². The smallest absolute Gasteiger partial charge is 0.344 e. The van der Waals surface area contributed by atoms with Gasteiger partial charge in [-0.3, -0.25) is 4.79 Å². The molecule has 4 aromatic carbocycles. The number of hydrogen-bond donors (Lipinski definition) is 1. The first kappa shape index (κ1) is 22.5. The molecule has 34 heavy (non-hydrogen) atoms. The first-order valence-electron chi connectivity index (χ1n) is 10.4. The molecule has 0 unspecified atom stereocenters. The van der Waals surface area contributed by atoms with E-state index in [1.807, 2.05) is 36.4 Å². The molecule has 0 aromatic heterocycles. The van der Waals surface area contributed by atoms with Crippen LogP contribution in [-0.4, -0.2) is 32.3 Å². The molecule has 0 radical (unpaired) electrons. The van der Waals surface area contributed by atoms with Crippen molar-refractivity contribution in [3.63, 3.8) is 0 Å². The summed E-state index contributed by atoms with van der Waals surface area (Å²) >= 11 is 0. The lowest BCUT2D eigenvalue weighted by atomic mass is 10.0. The molecule has 0 bridgehead atoms. The Morgan fingerprint density at radius 2 is 1.56 bits per heavy atom. The lowest BCUT2D eigenvalue weighted by Gasteiger charge is -2.08. The fourth-order valence-electron chi connectivity index (χ4n) is 3.39. The molecule has 0 saturated carbocycles. The molecule has 0 fully saturated rings. The molecule has 0 spiro atoms. The Morgan fingerprint density at radius 3 is 2.32 bits per heavy atom. The van der Waals surface area contributed by atoms with Crippen molar-refractivity contribution in [2.45, 2.75) is 0 Å². The fraction of sp³-hybridized carbons (Fsp3) is 0.0741. The van der Waals surface area contributed by atoms with Gasteiger partial charge in [-0.1, -0.05) is 36.4 Å². The monoisotopic (exact) mass is 454 g/mol. The summed E-state index contributed by atoms with van der Waals surface area (Å²) in [4.78, 5) is 25.0. The van der Waals surface area contributed by atoms with Gasteiger partial charge < -0.3 is 14.2 Å². The predicted molar refractivity (Wildman–Crippen MR) is 130 cm³/mol. The van der Waals surface area contributed by atoms with Gasteiger partial charge in [-0.2, -0.15) is 5.10 Å². The van der Waals surface area contributed by atoms with Crippen LogP contribution < -0.4 is 19.6 Å². The molecule has 4 rings (SSSR count). The number of nitrogens with one attached hydrogen (secondary N) is 1. The van der Waals surface area contributed by atoms with Gasteiger partial charge in [0.25, 0.3) is 5.91 Å². The van der Waals surface area contributed by atoms with E-state index >= 15 is 0 Å². The van der Waals surface area contributed by atoms with Crippen LogP contribution in [0.1, 0.15) is 26.3 Å². The molecule has 4 aromatic rings. The van der Waals surface area contributed by atoms with Crippen molar-refractivity contribution in [3.8, 4) is 17.2 Å². The Kier molecular flexibility index (Phi) is 6.84. The summed E-state index contributed by atoms with van der Waals surface area (Å²) < 4.78 is 15.9. The van der Waals surface area contributed by atoms with Crippen molar-refractivity contribution >= 4 is 28.9 Å². The van der Waals surface area contributed by atoms with Gasteiger partial charge in [0.05, 0.1) is 26.0 Å². The van der Waals surface area contributed by atoms with Crippen LogP contribution in [0.25, 0.3) is 10.8 Å². The van der Waals surface area contributed by atoms with Crippen LogP contribution in [0.5, 0.6) is 17.2 Å². The van der Waals surface area contributed by atoms with E-state index in [-0.39, 0.29) is 0 Å². The number of amides is 1. The minimum Gasteiger partial charge on any atom is -0.493 e. The predicted octanol–water partition coefficient (Wildman–Crippen LogP) is 4.84. The average Bonchev–Trinajstić information content (AvgIpc) is 2.88. The van der Waals surface area contributed by atoms with Crippen molar-refractivity contribution in [1.82, 2.24) is 5.43 Å². The Labute approximate surface area is 196 Å². The second-order valence-electron chi connectivity index (χ2n) is 7.25. The number of benzene rings is 4. The van der Waals surface area contributed by atoms with E-state index in [4.69, 9.17) is 14.2 Å². The third-order valence-electron chi connectivity index (χ3n) is 5.13. The minimum atomic E-state index is -0.430. The van der Waals surface area contributed by atoms with Crippen molar-refractivity contribution in [2.24, 2.45) is 5.10 Å². The van der Waals surface area contributed by atoms with Crippen LogP contribution in [0.3, 0.4) is 0 Å². The van der Waals surface area contributed by atoms with Crippen LogP contribution in [0.2, 0.25) is 0 Å². The Balaban J connectivity index is 1.38. The largest absolute Gasteiger partial charge is 0.493 e. The number of esters is 1. The third kappa shape index (κ3) is 5.05. The molecule has 0 aliphatic carbocycles. The van der Waals surface area contributed by atoms with E-state index in [0.717, 1.165) is 16.3 Å². The molecule has 0 saturated heterocycles. The first-order chi connectivity index (χ1) is 16.6. The van der Waals surface area contributed by atoms with Crippen LogP contribution >= 0.6 is 0 Å². The van der Waals surface area contributed by atoms with Crippen LogP contribution in [0, 0.1) is 0 Å². The Morgan fingerprint density at radius 1 is 0.824 bits per heavy atom. The standard InChI is InChI=1S/C27H22N2O5/c1-32-24-15-12-20(16-25(24)33-2)26(30)29-28-17-18-10-13-21(14-11-18)34-27(31)23-9-5-7-19-6-3-4-8-22(19)23/h3-17H,1-2H3,(H,29,30)/b28-17+. The summed E-state index contributed by atoms with van der Waals surface area (Å²) in [7, 11) is 3.03. The second kappa shape index (κ2) is 10.3. The average molecular weight is 454 g/mol. The number of ether oxygens (including phenoxy) is 3. The number of fused-ring (bicyclic) bond motifs is 1. The lowest BCUT2D eigenvalue weighted by Crippen LogP contribution is -2.17. The molecule has 1 amide bonds. The summed E-state index contributed by atoms with van der Waals surface area (Å²) in [5.41, 5.74) is 4.07. The number of methoxy groups -OCH3 is 2. The molecular formula is C27H22N2O5. The molecule has 0 aliphatic rings. The summed E-state index contributed by atoms with van der Waals surface area (Å²) in [5.74, 6) is 0.569. The van der Waals surface area contributed by atoms with Gasteiger partial charge in [-0.25, -0.2) is 10.2 Å². The van der Waals surface area contributed by atoms with Crippen LogP contribution in [0.15, 0.2) is 90.0 Å². The maximum absolute atomic E-state index is 12.7. The summed E-state index contributed by atoms with van der Waals surface area (Å²) in [6.45, 7) is 0. The lowest BCUT2D eigenvalue weighted by molar-refractivity contribution is 0.0736. The van der Waals surface area contributed by atoms with Gasteiger partial charge in [-0.15, -0.1) is 0 Å². The second-order valence-corrected chi connectivity index (χ2v) is 7.25. The van der Waals surface area contributed by atoms with E-state index in [9.17, 15) is 9.59 Å². The van der Waals surface area contributed by atoms with Gasteiger partial charge in [-0.05, 0) is 64.9 Å². The number of carbonyl (C=O) groups excluding carboxylic acids is 2. The summed E-state index contributed by atoms with van der Waals surface area (Å²) in [5, 5.41) is 5.79. The number of nitrogens with zero attached hydrogens (tertiary/aromatic N) is 1. The van der Waals surface area contributed by atoms with Crippen molar-refractivity contribution in [3.05, 3.63) is 102 Å². The van der Waals surface area contributed by atoms with E-state index in [1.165, 1.54) is 20.4 Å². The topological polar surface area (TPSA) is 86.2 Å². The van der Waals surface area contributed by atoms with E-state index < -0.39 is 11.9 Å². The number of hydrogen-bond acceptors (Lipinski definition) is 6. The highest BCUT2D eigenvalue weighted by molar-refractivity contribution is 6.05. The number of hydrazone groups is 1. The zero-order valence-electron chi connectivity index (χ0n) is 18.6. The minimum absolute atomic E-state index is 0.380. The maximum Gasteiger partial charge on any atom is 0.344 e. The normalized spacial score (nSPS) is 10.8. The molecule has 0 aliphatic heterocycles. The van der Waals surface area contributed by atoms with E-state index in [0.29, 0.717) is 28.4 Å².